The first-order valence-corrected chi connectivity index (χ1v) is 8.74. The lowest BCUT2D eigenvalue weighted by atomic mass is 9.54. The number of nitrogens with one attached hydrogen (secondary N) is 1. The summed E-state index contributed by atoms with van der Waals surface area (Å²) in [5.74, 6) is 1.15. The van der Waals surface area contributed by atoms with E-state index in [0.717, 1.165) is 0 Å². The number of nitrogens with two attached hydrogens (primary N) is 1. The van der Waals surface area contributed by atoms with Gasteiger partial charge < -0.3 is 25.3 Å². The van der Waals surface area contributed by atoms with Crippen LogP contribution >= 0.6 is 0 Å². The average molecular weight is 350 g/mol. The molecule has 0 bridgehead atoms. The second-order valence-corrected chi connectivity index (χ2v) is 7.13. The van der Waals surface area contributed by atoms with Gasteiger partial charge in [-0.1, -0.05) is 26.0 Å². The molecule has 3 unspecified atom stereocenters. The van der Waals surface area contributed by atoms with Gasteiger partial charge in [-0.05, 0) is 26.0 Å². The van der Waals surface area contributed by atoms with Crippen LogP contribution < -0.4 is 20.5 Å². The van der Waals surface area contributed by atoms with Gasteiger partial charge in [0.15, 0.2) is 11.5 Å². The molecule has 3 N–H and O–H groups in total. The Morgan fingerprint density at radius 3 is 2.56 bits per heavy atom. The molecular formula is C19H30N2O4. The Balaban J connectivity index is 1.89. The van der Waals surface area contributed by atoms with E-state index >= 15 is 0 Å². The SMILES string of the molecule is CCOC1CC(N)(C(=O)NCC(C)Oc2ccccc2OC)C1(C)C. The first-order chi connectivity index (χ1) is 11.8. The van der Waals surface area contributed by atoms with Crippen molar-refractivity contribution < 1.29 is 19.0 Å². The monoisotopic (exact) mass is 350 g/mol. The number of carbonyl (C=O) groups excluding carboxylic acids is 1. The summed E-state index contributed by atoms with van der Waals surface area (Å²) in [6, 6.07) is 7.43. The maximum Gasteiger partial charge on any atom is 0.240 e. The topological polar surface area (TPSA) is 82.8 Å². The summed E-state index contributed by atoms with van der Waals surface area (Å²) < 4.78 is 16.8. The molecule has 1 amide bonds. The third-order valence-electron chi connectivity index (χ3n) is 5.18. The molecule has 0 saturated heterocycles. The number of hydrogen-bond acceptors (Lipinski definition) is 5. The maximum absolute atomic E-state index is 12.6. The van der Waals surface area contributed by atoms with Crippen molar-refractivity contribution in [1.29, 1.82) is 0 Å². The fourth-order valence-corrected chi connectivity index (χ4v) is 3.19. The van der Waals surface area contributed by atoms with Crippen LogP contribution in [0.15, 0.2) is 24.3 Å². The number of rotatable bonds is 8. The number of hydrogen-bond donors (Lipinski definition) is 2. The van der Waals surface area contributed by atoms with Crippen LogP contribution in [0.25, 0.3) is 0 Å². The Labute approximate surface area is 150 Å². The molecule has 0 radical (unpaired) electrons. The van der Waals surface area contributed by atoms with Gasteiger partial charge in [0.25, 0.3) is 0 Å². The van der Waals surface area contributed by atoms with Crippen molar-refractivity contribution in [3.8, 4) is 11.5 Å². The molecule has 25 heavy (non-hydrogen) atoms. The number of ether oxygens (including phenoxy) is 3. The zero-order chi connectivity index (χ0) is 18.7. The lowest BCUT2D eigenvalue weighted by Crippen LogP contribution is -2.76. The first-order valence-electron chi connectivity index (χ1n) is 8.74. The normalized spacial score (nSPS) is 25.6. The molecule has 3 atom stereocenters. The summed E-state index contributed by atoms with van der Waals surface area (Å²) in [7, 11) is 1.60. The fraction of sp³-hybridized carbons (Fsp3) is 0.632. The van der Waals surface area contributed by atoms with E-state index in [1.165, 1.54) is 0 Å². The molecule has 1 aromatic carbocycles. The minimum atomic E-state index is -0.920. The molecule has 0 aromatic heterocycles. The van der Waals surface area contributed by atoms with E-state index in [0.29, 0.717) is 31.1 Å². The first kappa shape index (κ1) is 19.5. The Morgan fingerprint density at radius 2 is 2.00 bits per heavy atom. The number of methoxy groups -OCH3 is 1. The highest BCUT2D eigenvalue weighted by atomic mass is 16.5. The molecule has 1 saturated carbocycles. The van der Waals surface area contributed by atoms with Crippen molar-refractivity contribution in [3.05, 3.63) is 24.3 Å². The van der Waals surface area contributed by atoms with E-state index < -0.39 is 11.0 Å². The number of carbonyl (C=O) groups is 1. The van der Waals surface area contributed by atoms with Gasteiger partial charge >= 0.3 is 0 Å². The minimum Gasteiger partial charge on any atom is -0.493 e. The minimum absolute atomic E-state index is 0.00973. The highest BCUT2D eigenvalue weighted by Gasteiger charge is 2.62. The molecular weight excluding hydrogens is 320 g/mol. The molecule has 140 valence electrons. The Morgan fingerprint density at radius 1 is 1.36 bits per heavy atom. The third-order valence-corrected chi connectivity index (χ3v) is 5.18. The van der Waals surface area contributed by atoms with Crippen LogP contribution in [0, 0.1) is 5.41 Å². The molecule has 1 fully saturated rings. The quantitative estimate of drug-likeness (QED) is 0.750. The molecule has 2 rings (SSSR count). The summed E-state index contributed by atoms with van der Waals surface area (Å²) in [5.41, 5.74) is 5.05. The van der Waals surface area contributed by atoms with Crippen LogP contribution in [0.5, 0.6) is 11.5 Å². The Hall–Kier alpha value is -1.79. The second-order valence-electron chi connectivity index (χ2n) is 7.13. The van der Waals surface area contributed by atoms with Gasteiger partial charge in [-0.2, -0.15) is 0 Å². The van der Waals surface area contributed by atoms with Crippen LogP contribution in [-0.4, -0.2) is 43.9 Å². The molecule has 0 heterocycles. The van der Waals surface area contributed by atoms with Crippen molar-refractivity contribution in [1.82, 2.24) is 5.32 Å². The van der Waals surface area contributed by atoms with E-state index in [2.05, 4.69) is 5.32 Å². The van der Waals surface area contributed by atoms with E-state index in [4.69, 9.17) is 19.9 Å². The molecule has 6 nitrogen and oxygen atoms in total. The standard InChI is InChI=1S/C19H30N2O4/c1-6-24-16-11-19(20,18(16,3)4)17(22)21-12-13(2)25-15-10-8-7-9-14(15)23-5/h7-10,13,16H,6,11-12,20H2,1-5H3,(H,21,22). The number of para-hydroxylation sites is 2. The summed E-state index contributed by atoms with van der Waals surface area (Å²) >= 11 is 0. The Kier molecular flexibility index (Phi) is 5.95. The van der Waals surface area contributed by atoms with E-state index in [1.807, 2.05) is 52.0 Å². The number of benzene rings is 1. The van der Waals surface area contributed by atoms with Gasteiger partial charge in [0.1, 0.15) is 11.6 Å². The largest absolute Gasteiger partial charge is 0.493 e. The van der Waals surface area contributed by atoms with Crippen LogP contribution in [0.4, 0.5) is 0 Å². The van der Waals surface area contributed by atoms with Gasteiger partial charge in [-0.25, -0.2) is 0 Å². The molecule has 0 spiro atoms. The molecule has 6 heteroatoms. The van der Waals surface area contributed by atoms with Crippen LogP contribution in [-0.2, 0) is 9.53 Å². The number of amides is 1. The van der Waals surface area contributed by atoms with Gasteiger partial charge in [0.2, 0.25) is 5.91 Å². The van der Waals surface area contributed by atoms with Gasteiger partial charge in [-0.3, -0.25) is 4.79 Å². The Bertz CT molecular complexity index is 605. The van der Waals surface area contributed by atoms with Crippen molar-refractivity contribution in [2.75, 3.05) is 20.3 Å². The molecule has 0 aliphatic heterocycles. The fourth-order valence-electron chi connectivity index (χ4n) is 3.19. The second kappa shape index (κ2) is 7.62. The maximum atomic E-state index is 12.6. The van der Waals surface area contributed by atoms with Crippen LogP contribution in [0.3, 0.4) is 0 Å². The van der Waals surface area contributed by atoms with E-state index in [1.54, 1.807) is 7.11 Å². The predicted molar refractivity (Wildman–Crippen MR) is 96.8 cm³/mol. The molecule has 1 aromatic rings. The summed E-state index contributed by atoms with van der Waals surface area (Å²) in [5, 5.41) is 2.92. The molecule has 1 aliphatic rings. The van der Waals surface area contributed by atoms with Crippen LogP contribution in [0.2, 0.25) is 0 Å². The van der Waals surface area contributed by atoms with Gasteiger partial charge in [-0.15, -0.1) is 0 Å². The summed E-state index contributed by atoms with van der Waals surface area (Å²) in [4.78, 5) is 12.6. The van der Waals surface area contributed by atoms with Gasteiger partial charge in [0.05, 0.1) is 19.8 Å². The average Bonchev–Trinajstić information content (AvgIpc) is 2.59. The van der Waals surface area contributed by atoms with Crippen molar-refractivity contribution >= 4 is 5.91 Å². The third kappa shape index (κ3) is 3.75. The highest BCUT2D eigenvalue weighted by Crippen LogP contribution is 2.49. The summed E-state index contributed by atoms with van der Waals surface area (Å²) in [6.07, 6.45) is 0.326. The summed E-state index contributed by atoms with van der Waals surface area (Å²) in [6.45, 7) is 8.78. The molecule has 1 aliphatic carbocycles. The zero-order valence-electron chi connectivity index (χ0n) is 15.8. The zero-order valence-corrected chi connectivity index (χ0v) is 15.8. The van der Waals surface area contributed by atoms with E-state index in [9.17, 15) is 4.79 Å². The van der Waals surface area contributed by atoms with E-state index in [-0.39, 0.29) is 18.1 Å². The lowest BCUT2D eigenvalue weighted by Gasteiger charge is -2.57. The highest BCUT2D eigenvalue weighted by molar-refractivity contribution is 5.88. The predicted octanol–water partition coefficient (Wildman–Crippen LogP) is 2.11. The smallest absolute Gasteiger partial charge is 0.240 e. The van der Waals surface area contributed by atoms with Gasteiger partial charge in [0, 0.05) is 18.4 Å². The van der Waals surface area contributed by atoms with Crippen molar-refractivity contribution in [2.45, 2.75) is 51.9 Å². The van der Waals surface area contributed by atoms with Crippen molar-refractivity contribution in [2.24, 2.45) is 11.1 Å². The lowest BCUT2D eigenvalue weighted by molar-refractivity contribution is -0.170. The van der Waals surface area contributed by atoms with Crippen LogP contribution in [0.1, 0.15) is 34.1 Å². The van der Waals surface area contributed by atoms with Crippen molar-refractivity contribution in [3.63, 3.8) is 0 Å².